The normalized spacial score (nSPS) is 11.6. The van der Waals surface area contributed by atoms with Gasteiger partial charge in [0, 0.05) is 10.9 Å². The molecule has 0 saturated carbocycles. The number of nitriles is 1. The average molecular weight is 328 g/mol. The minimum atomic E-state index is -1.02. The minimum absolute atomic E-state index is 0.126. The topological polar surface area (TPSA) is 80.0 Å². The molecule has 1 aromatic carbocycles. The molecule has 0 spiro atoms. The van der Waals surface area contributed by atoms with E-state index in [9.17, 15) is 14.9 Å². The first-order valence-corrected chi connectivity index (χ1v) is 8.00. The Kier molecular flexibility index (Phi) is 5.24. The molecule has 0 aliphatic heterocycles. The fourth-order valence-corrected chi connectivity index (χ4v) is 2.95. The van der Waals surface area contributed by atoms with E-state index >= 15 is 0 Å². The molecule has 0 saturated heterocycles. The number of ether oxygens (including phenoxy) is 1. The van der Waals surface area contributed by atoms with Crippen LogP contribution in [0.3, 0.4) is 0 Å². The Hall–Kier alpha value is -2.52. The molecule has 5 nitrogen and oxygen atoms in total. The number of ketones is 1. The fraction of sp³-hybridized carbons (Fsp3) is 0.294. The Morgan fingerprint density at radius 2 is 2.13 bits per heavy atom. The number of aryl methyl sites for hydroxylation is 1. The van der Waals surface area contributed by atoms with Crippen LogP contribution in [0.2, 0.25) is 0 Å². The molecule has 1 aromatic heterocycles. The van der Waals surface area contributed by atoms with Gasteiger partial charge < -0.3 is 4.74 Å². The first-order valence-electron chi connectivity index (χ1n) is 7.12. The highest BCUT2D eigenvalue weighted by Gasteiger charge is 2.27. The van der Waals surface area contributed by atoms with Crippen LogP contribution >= 0.6 is 11.3 Å². The molecule has 0 bridgehead atoms. The minimum Gasteiger partial charge on any atom is -0.461 e. The van der Waals surface area contributed by atoms with Gasteiger partial charge in [-0.05, 0) is 31.9 Å². The molecule has 0 N–H and O–H groups in total. The van der Waals surface area contributed by atoms with Crippen LogP contribution in [-0.2, 0) is 4.74 Å². The van der Waals surface area contributed by atoms with Crippen LogP contribution in [0.1, 0.15) is 49.8 Å². The molecular formula is C17H16N2O3S. The summed E-state index contributed by atoms with van der Waals surface area (Å²) in [5.41, 5.74) is 2.46. The molecule has 1 atom stereocenters. The second-order valence-corrected chi connectivity index (χ2v) is 5.85. The zero-order valence-electron chi connectivity index (χ0n) is 13.1. The molecule has 0 unspecified atom stereocenters. The first kappa shape index (κ1) is 16.8. The van der Waals surface area contributed by atoms with Crippen molar-refractivity contribution in [2.24, 2.45) is 0 Å². The van der Waals surface area contributed by atoms with Gasteiger partial charge in [0.05, 0.1) is 12.7 Å². The van der Waals surface area contributed by atoms with Gasteiger partial charge in [-0.1, -0.05) is 18.2 Å². The van der Waals surface area contributed by atoms with Gasteiger partial charge >= 0.3 is 5.97 Å². The summed E-state index contributed by atoms with van der Waals surface area (Å²) in [6, 6.07) is 7.40. The van der Waals surface area contributed by atoms with Crippen LogP contribution in [0.15, 0.2) is 23.6 Å². The molecule has 0 aliphatic rings. The molecule has 0 fully saturated rings. The van der Waals surface area contributed by atoms with E-state index in [0.717, 1.165) is 22.5 Å². The van der Waals surface area contributed by atoms with E-state index in [1.807, 2.05) is 26.0 Å². The molecular weight excluding hydrogens is 312 g/mol. The summed E-state index contributed by atoms with van der Waals surface area (Å²) in [5.74, 6) is -1.88. The number of hydrogen-bond donors (Lipinski definition) is 0. The zero-order chi connectivity index (χ0) is 17.0. The van der Waals surface area contributed by atoms with Gasteiger partial charge in [-0.3, -0.25) is 4.79 Å². The summed E-state index contributed by atoms with van der Waals surface area (Å²) in [7, 11) is 0. The molecule has 2 aromatic rings. The summed E-state index contributed by atoms with van der Waals surface area (Å²) < 4.78 is 4.87. The standard InChI is InChI=1S/C17H16N2O3S/c1-4-22-17(21)14-9-23-16(19-14)13(8-18)15(20)12-7-5-6-10(2)11(12)3/h5-7,9,13H,4H2,1-3H3/t13-/m0/s1. The van der Waals surface area contributed by atoms with E-state index in [0.29, 0.717) is 10.6 Å². The molecule has 1 heterocycles. The number of hydrogen-bond acceptors (Lipinski definition) is 6. The Bertz CT molecular complexity index is 789. The number of carbonyl (C=O) groups is 2. The smallest absolute Gasteiger partial charge is 0.357 e. The molecule has 23 heavy (non-hydrogen) atoms. The van der Waals surface area contributed by atoms with E-state index < -0.39 is 11.9 Å². The lowest BCUT2D eigenvalue weighted by Crippen LogP contribution is -2.14. The van der Waals surface area contributed by atoms with Crippen molar-refractivity contribution in [1.29, 1.82) is 5.26 Å². The van der Waals surface area contributed by atoms with Crippen LogP contribution in [0.4, 0.5) is 0 Å². The predicted molar refractivity (Wildman–Crippen MR) is 86.7 cm³/mol. The van der Waals surface area contributed by atoms with Crippen molar-refractivity contribution >= 4 is 23.1 Å². The Labute approximate surface area is 138 Å². The number of esters is 1. The number of carbonyl (C=O) groups excluding carboxylic acids is 2. The van der Waals surface area contributed by atoms with Crippen molar-refractivity contribution in [3.8, 4) is 6.07 Å². The lowest BCUT2D eigenvalue weighted by molar-refractivity contribution is 0.0519. The maximum atomic E-state index is 12.7. The van der Waals surface area contributed by atoms with Crippen LogP contribution in [-0.4, -0.2) is 23.3 Å². The monoisotopic (exact) mass is 328 g/mol. The maximum absolute atomic E-state index is 12.7. The van der Waals surface area contributed by atoms with E-state index in [1.54, 1.807) is 19.1 Å². The molecule has 2 rings (SSSR count). The number of benzene rings is 1. The average Bonchev–Trinajstić information content (AvgIpc) is 3.00. The van der Waals surface area contributed by atoms with E-state index in [1.165, 1.54) is 5.38 Å². The van der Waals surface area contributed by atoms with Crippen molar-refractivity contribution in [2.45, 2.75) is 26.7 Å². The number of nitrogens with zero attached hydrogens (tertiary/aromatic N) is 2. The summed E-state index contributed by atoms with van der Waals surface area (Å²) >= 11 is 1.11. The Morgan fingerprint density at radius 1 is 1.39 bits per heavy atom. The van der Waals surface area contributed by atoms with Crippen molar-refractivity contribution in [1.82, 2.24) is 4.98 Å². The van der Waals surface area contributed by atoms with Crippen LogP contribution < -0.4 is 0 Å². The molecule has 0 aliphatic carbocycles. The summed E-state index contributed by atoms with van der Waals surface area (Å²) in [5, 5.41) is 11.2. The Balaban J connectivity index is 2.33. The van der Waals surface area contributed by atoms with Gasteiger partial charge in [0.1, 0.15) is 5.01 Å². The Morgan fingerprint density at radius 3 is 2.78 bits per heavy atom. The fourth-order valence-electron chi connectivity index (χ4n) is 2.12. The third-order valence-electron chi connectivity index (χ3n) is 3.51. The van der Waals surface area contributed by atoms with E-state index in [2.05, 4.69) is 4.98 Å². The molecule has 118 valence electrons. The van der Waals surface area contributed by atoms with Crippen LogP contribution in [0.5, 0.6) is 0 Å². The van der Waals surface area contributed by atoms with Gasteiger partial charge in [0.25, 0.3) is 0 Å². The highest BCUT2D eigenvalue weighted by molar-refractivity contribution is 7.10. The van der Waals surface area contributed by atoms with Crippen molar-refractivity contribution in [3.05, 3.63) is 51.0 Å². The quantitative estimate of drug-likeness (QED) is 0.620. The third-order valence-corrected chi connectivity index (χ3v) is 4.42. The molecule has 0 amide bonds. The number of aromatic nitrogens is 1. The second kappa shape index (κ2) is 7.16. The lowest BCUT2D eigenvalue weighted by atomic mass is 9.93. The van der Waals surface area contributed by atoms with Gasteiger partial charge in [0.15, 0.2) is 17.4 Å². The maximum Gasteiger partial charge on any atom is 0.357 e. The summed E-state index contributed by atoms with van der Waals surface area (Å²) in [6.07, 6.45) is 0. The largest absolute Gasteiger partial charge is 0.461 e. The molecule has 0 radical (unpaired) electrons. The van der Waals surface area contributed by atoms with Gasteiger partial charge in [-0.15, -0.1) is 11.3 Å². The van der Waals surface area contributed by atoms with Gasteiger partial charge in [-0.25, -0.2) is 9.78 Å². The SMILES string of the molecule is CCOC(=O)c1csc([C@@H](C#N)C(=O)c2cccc(C)c2C)n1. The number of rotatable bonds is 5. The highest BCUT2D eigenvalue weighted by Crippen LogP contribution is 2.26. The summed E-state index contributed by atoms with van der Waals surface area (Å²) in [6.45, 7) is 5.71. The zero-order valence-corrected chi connectivity index (χ0v) is 13.9. The van der Waals surface area contributed by atoms with Gasteiger partial charge in [0.2, 0.25) is 0 Å². The van der Waals surface area contributed by atoms with Crippen molar-refractivity contribution in [2.75, 3.05) is 6.61 Å². The van der Waals surface area contributed by atoms with Crippen molar-refractivity contribution in [3.63, 3.8) is 0 Å². The van der Waals surface area contributed by atoms with E-state index in [4.69, 9.17) is 4.74 Å². The molecule has 6 heteroatoms. The van der Waals surface area contributed by atoms with Crippen LogP contribution in [0.25, 0.3) is 0 Å². The van der Waals surface area contributed by atoms with Crippen molar-refractivity contribution < 1.29 is 14.3 Å². The lowest BCUT2D eigenvalue weighted by Gasteiger charge is -2.10. The highest BCUT2D eigenvalue weighted by atomic mass is 32.1. The van der Waals surface area contributed by atoms with Crippen LogP contribution in [0, 0.1) is 25.2 Å². The second-order valence-electron chi connectivity index (χ2n) is 4.97. The number of Topliss-reactive ketones (excluding diaryl/α,β-unsaturated/α-hetero) is 1. The van der Waals surface area contributed by atoms with E-state index in [-0.39, 0.29) is 18.1 Å². The third kappa shape index (κ3) is 3.46. The first-order chi connectivity index (χ1) is 11.0. The summed E-state index contributed by atoms with van der Waals surface area (Å²) in [4.78, 5) is 28.4. The number of thiazole rings is 1. The van der Waals surface area contributed by atoms with Gasteiger partial charge in [-0.2, -0.15) is 5.26 Å². The predicted octanol–water partition coefficient (Wildman–Crippen LogP) is 3.43.